The van der Waals surface area contributed by atoms with Gasteiger partial charge in [-0.05, 0) is 25.5 Å². The Morgan fingerprint density at radius 2 is 1.95 bits per heavy atom. The van der Waals surface area contributed by atoms with E-state index in [0.29, 0.717) is 13.0 Å². The number of benzene rings is 1. The Morgan fingerprint density at radius 1 is 1.33 bits per heavy atom. The molecule has 0 aliphatic carbocycles. The van der Waals surface area contributed by atoms with Crippen LogP contribution in [0.1, 0.15) is 12.0 Å². The van der Waals surface area contributed by atoms with Crippen LogP contribution in [0.25, 0.3) is 0 Å². The molecule has 0 saturated carbocycles. The molecule has 6 heteroatoms. The number of carbonyl (C=O) groups is 3. The Balaban J connectivity index is 2.09. The normalized spacial score (nSPS) is 17.9. The van der Waals surface area contributed by atoms with Crippen LogP contribution in [0.5, 0.6) is 0 Å². The van der Waals surface area contributed by atoms with Crippen LogP contribution in [-0.2, 0) is 14.4 Å². The monoisotopic (exact) mass is 290 g/mol. The van der Waals surface area contributed by atoms with Gasteiger partial charge in [0.25, 0.3) is 0 Å². The second-order valence-electron chi connectivity index (χ2n) is 5.25. The second kappa shape index (κ2) is 5.95. The number of anilines is 1. The summed E-state index contributed by atoms with van der Waals surface area (Å²) in [7, 11) is 1.40. The smallest absolute Gasteiger partial charge is 0.323 e. The molecule has 6 nitrogen and oxygen atoms in total. The number of carbonyl (C=O) groups excluding carboxylic acids is 2. The van der Waals surface area contributed by atoms with Crippen molar-refractivity contribution in [1.29, 1.82) is 0 Å². The highest BCUT2D eigenvalue weighted by Crippen LogP contribution is 2.26. The molecular weight excluding hydrogens is 272 g/mol. The summed E-state index contributed by atoms with van der Waals surface area (Å²) in [4.78, 5) is 37.8. The maximum Gasteiger partial charge on any atom is 0.323 e. The summed E-state index contributed by atoms with van der Waals surface area (Å²) in [6.07, 6.45) is 0.412. The maximum atomic E-state index is 12.4. The van der Waals surface area contributed by atoms with Gasteiger partial charge in [-0.25, -0.2) is 0 Å². The van der Waals surface area contributed by atoms with E-state index in [2.05, 4.69) is 0 Å². The van der Waals surface area contributed by atoms with Gasteiger partial charge >= 0.3 is 5.97 Å². The Morgan fingerprint density at radius 3 is 2.52 bits per heavy atom. The average molecular weight is 290 g/mol. The van der Waals surface area contributed by atoms with Gasteiger partial charge in [-0.1, -0.05) is 17.7 Å². The maximum absolute atomic E-state index is 12.4. The molecule has 0 unspecified atom stereocenters. The zero-order valence-electron chi connectivity index (χ0n) is 12.1. The van der Waals surface area contributed by atoms with Crippen molar-refractivity contribution in [2.45, 2.75) is 13.3 Å². The van der Waals surface area contributed by atoms with E-state index in [4.69, 9.17) is 5.11 Å². The van der Waals surface area contributed by atoms with Crippen LogP contribution in [0.15, 0.2) is 24.3 Å². The van der Waals surface area contributed by atoms with Crippen molar-refractivity contribution in [1.82, 2.24) is 4.90 Å². The van der Waals surface area contributed by atoms with E-state index >= 15 is 0 Å². The molecule has 1 aliphatic rings. The summed E-state index contributed by atoms with van der Waals surface area (Å²) < 4.78 is 0. The number of hydrogen-bond donors (Lipinski definition) is 1. The van der Waals surface area contributed by atoms with Gasteiger partial charge in [0, 0.05) is 19.3 Å². The minimum absolute atomic E-state index is 0.263. The van der Waals surface area contributed by atoms with Gasteiger partial charge in [-0.15, -0.1) is 0 Å². The molecule has 1 aliphatic heterocycles. The van der Waals surface area contributed by atoms with Crippen LogP contribution in [0.4, 0.5) is 5.69 Å². The molecular formula is C15H18N2O4. The second-order valence-corrected chi connectivity index (χ2v) is 5.25. The first kappa shape index (κ1) is 15.0. The molecule has 1 fully saturated rings. The molecule has 0 radical (unpaired) electrons. The lowest BCUT2D eigenvalue weighted by molar-refractivity contribution is -0.146. The van der Waals surface area contributed by atoms with Crippen molar-refractivity contribution in [2.24, 2.45) is 5.92 Å². The lowest BCUT2D eigenvalue weighted by Crippen LogP contribution is -2.40. The molecule has 0 aromatic heterocycles. The van der Waals surface area contributed by atoms with Crippen LogP contribution in [0.3, 0.4) is 0 Å². The van der Waals surface area contributed by atoms with Gasteiger partial charge in [0.15, 0.2) is 0 Å². The van der Waals surface area contributed by atoms with E-state index in [1.54, 1.807) is 4.90 Å². The molecule has 1 aromatic carbocycles. The van der Waals surface area contributed by atoms with Crippen molar-refractivity contribution in [2.75, 3.05) is 25.0 Å². The Bertz CT molecular complexity index is 568. The van der Waals surface area contributed by atoms with Gasteiger partial charge in [0.05, 0.1) is 0 Å². The molecule has 2 rings (SSSR count). The van der Waals surface area contributed by atoms with Crippen molar-refractivity contribution < 1.29 is 19.5 Å². The zero-order chi connectivity index (χ0) is 15.6. The largest absolute Gasteiger partial charge is 0.480 e. The Labute approximate surface area is 123 Å². The highest BCUT2D eigenvalue weighted by Gasteiger charge is 2.39. The minimum Gasteiger partial charge on any atom is -0.480 e. The minimum atomic E-state index is -1.09. The molecule has 0 spiro atoms. The lowest BCUT2D eigenvalue weighted by atomic mass is 10.1. The SMILES string of the molecule is Cc1ccc(N2CC[C@H](C(=O)N(C)CC(=O)O)C2=O)cc1. The molecule has 0 bridgehead atoms. The fourth-order valence-corrected chi connectivity index (χ4v) is 2.44. The number of amides is 2. The molecule has 1 aromatic rings. The number of hydrogen-bond acceptors (Lipinski definition) is 3. The molecule has 1 heterocycles. The highest BCUT2D eigenvalue weighted by molar-refractivity contribution is 6.09. The van der Waals surface area contributed by atoms with Crippen LogP contribution in [0.2, 0.25) is 0 Å². The van der Waals surface area contributed by atoms with E-state index in [1.165, 1.54) is 7.05 Å². The molecule has 1 atom stereocenters. The average Bonchev–Trinajstić information content (AvgIpc) is 2.80. The standard InChI is InChI=1S/C15H18N2O4/c1-10-3-5-11(6-4-10)17-8-7-12(15(17)21)14(20)16(2)9-13(18)19/h3-6,12H,7-9H2,1-2H3,(H,18,19)/t12-/m1/s1. The highest BCUT2D eigenvalue weighted by atomic mass is 16.4. The fraction of sp³-hybridized carbons (Fsp3) is 0.400. The van der Waals surface area contributed by atoms with Gasteiger partial charge in [0.2, 0.25) is 11.8 Å². The molecule has 1 N–H and O–H groups in total. The number of rotatable bonds is 4. The van der Waals surface area contributed by atoms with Gasteiger partial charge in [0.1, 0.15) is 12.5 Å². The quantitative estimate of drug-likeness (QED) is 0.835. The predicted octanol–water partition coefficient (Wildman–Crippen LogP) is 0.891. The summed E-state index contributed by atoms with van der Waals surface area (Å²) in [5.41, 5.74) is 1.86. The number of carboxylic acids is 1. The zero-order valence-corrected chi connectivity index (χ0v) is 12.1. The summed E-state index contributed by atoms with van der Waals surface area (Å²) in [6.45, 7) is 2.04. The van der Waals surface area contributed by atoms with Crippen molar-refractivity contribution >= 4 is 23.5 Å². The first-order valence-corrected chi connectivity index (χ1v) is 6.75. The third kappa shape index (κ3) is 3.21. The van der Waals surface area contributed by atoms with Gasteiger partial charge < -0.3 is 14.9 Å². The van der Waals surface area contributed by atoms with Crippen LogP contribution in [-0.4, -0.2) is 47.9 Å². The first-order valence-electron chi connectivity index (χ1n) is 6.75. The van der Waals surface area contributed by atoms with Crippen molar-refractivity contribution in [3.63, 3.8) is 0 Å². The lowest BCUT2D eigenvalue weighted by Gasteiger charge is -2.20. The number of carboxylic acid groups (broad SMARTS) is 1. The van der Waals surface area contributed by atoms with Gasteiger partial charge in [-0.3, -0.25) is 14.4 Å². The van der Waals surface area contributed by atoms with Crippen molar-refractivity contribution in [3.8, 4) is 0 Å². The summed E-state index contributed by atoms with van der Waals surface area (Å²) in [6, 6.07) is 7.52. The number of aliphatic carboxylic acids is 1. The van der Waals surface area contributed by atoms with E-state index in [0.717, 1.165) is 16.2 Å². The van der Waals surface area contributed by atoms with Crippen LogP contribution >= 0.6 is 0 Å². The number of nitrogens with zero attached hydrogens (tertiary/aromatic N) is 2. The third-order valence-electron chi connectivity index (χ3n) is 3.60. The number of likely N-dealkylation sites (N-methyl/N-ethyl adjacent to an activating group) is 1. The molecule has 112 valence electrons. The molecule has 2 amide bonds. The summed E-state index contributed by atoms with van der Waals surface area (Å²) >= 11 is 0. The Kier molecular flexibility index (Phi) is 4.26. The molecule has 1 saturated heterocycles. The van der Waals surface area contributed by atoms with E-state index in [-0.39, 0.29) is 5.91 Å². The van der Waals surface area contributed by atoms with Crippen LogP contribution in [0, 0.1) is 12.8 Å². The van der Waals surface area contributed by atoms with E-state index in [9.17, 15) is 14.4 Å². The summed E-state index contributed by atoms with van der Waals surface area (Å²) in [5.74, 6) is -2.57. The molecule has 21 heavy (non-hydrogen) atoms. The van der Waals surface area contributed by atoms with E-state index < -0.39 is 24.3 Å². The van der Waals surface area contributed by atoms with Crippen LogP contribution < -0.4 is 4.90 Å². The van der Waals surface area contributed by atoms with E-state index in [1.807, 2.05) is 31.2 Å². The number of aryl methyl sites for hydroxylation is 1. The fourth-order valence-electron chi connectivity index (χ4n) is 2.44. The Hall–Kier alpha value is -2.37. The predicted molar refractivity (Wildman–Crippen MR) is 76.9 cm³/mol. The van der Waals surface area contributed by atoms with Crippen molar-refractivity contribution in [3.05, 3.63) is 29.8 Å². The van der Waals surface area contributed by atoms with Gasteiger partial charge in [-0.2, -0.15) is 0 Å². The summed E-state index contributed by atoms with van der Waals surface area (Å²) in [5, 5.41) is 8.71. The first-order chi connectivity index (χ1) is 9.90. The topological polar surface area (TPSA) is 77.9 Å². The third-order valence-corrected chi connectivity index (χ3v) is 3.60.